The lowest BCUT2D eigenvalue weighted by molar-refractivity contribution is -0.385. The van der Waals surface area contributed by atoms with Crippen LogP contribution in [0.25, 0.3) is 10.9 Å². The molecule has 0 aliphatic heterocycles. The van der Waals surface area contributed by atoms with Crippen molar-refractivity contribution in [2.75, 3.05) is 11.9 Å². The van der Waals surface area contributed by atoms with Gasteiger partial charge in [0.05, 0.1) is 16.5 Å². The summed E-state index contributed by atoms with van der Waals surface area (Å²) in [4.78, 5) is 23.1. The Kier molecular flexibility index (Phi) is 4.49. The molecule has 0 unspecified atom stereocenters. The normalized spacial score (nSPS) is 12.1. The highest BCUT2D eigenvalue weighted by Gasteiger charge is 2.25. The monoisotopic (exact) mass is 339 g/mol. The third kappa shape index (κ3) is 3.09. The molecule has 1 atom stereocenters. The molecule has 7 heteroatoms. The predicted molar refractivity (Wildman–Crippen MR) is 95.7 cm³/mol. The number of hydrogen-bond acceptors (Lipinski definition) is 5. The minimum atomic E-state index is -0.858. The number of aliphatic hydroxyl groups excluding tert-OH is 1. The number of anilines is 1. The fourth-order valence-corrected chi connectivity index (χ4v) is 2.82. The Morgan fingerprint density at radius 1 is 1.16 bits per heavy atom. The molecule has 2 N–H and O–H groups in total. The average molecular weight is 339 g/mol. The van der Waals surface area contributed by atoms with Crippen LogP contribution in [0.3, 0.4) is 0 Å². The number of aryl methyl sites for hydroxylation is 1. The van der Waals surface area contributed by atoms with Gasteiger partial charge in [-0.15, -0.1) is 0 Å². The van der Waals surface area contributed by atoms with E-state index in [0.717, 1.165) is 0 Å². The topological polar surface area (TPSA) is 97.4 Å². The fraction of sp³-hybridized carbons (Fsp3) is 0.167. The smallest absolute Gasteiger partial charge is 0.357 e. The van der Waals surface area contributed by atoms with Crippen LogP contribution in [-0.2, 0) is 7.05 Å². The zero-order chi connectivity index (χ0) is 18.0. The maximum atomic E-state index is 12.4. The molecule has 128 valence electrons. The number of benzene rings is 2. The number of pyridine rings is 1. The van der Waals surface area contributed by atoms with Gasteiger partial charge in [0.25, 0.3) is 0 Å². The Labute approximate surface area is 143 Å². The van der Waals surface area contributed by atoms with Gasteiger partial charge >= 0.3 is 11.2 Å². The molecular formula is C18H17N3O4. The van der Waals surface area contributed by atoms with E-state index in [-0.39, 0.29) is 12.2 Å². The third-order valence-electron chi connectivity index (χ3n) is 4.12. The second kappa shape index (κ2) is 6.74. The summed E-state index contributed by atoms with van der Waals surface area (Å²) in [7, 11) is 1.50. The van der Waals surface area contributed by atoms with Gasteiger partial charge in [-0.2, -0.15) is 0 Å². The second-order valence-corrected chi connectivity index (χ2v) is 5.67. The summed E-state index contributed by atoms with van der Waals surface area (Å²) in [6.45, 7) is 0.0437. The highest BCUT2D eigenvalue weighted by Crippen LogP contribution is 2.30. The van der Waals surface area contributed by atoms with Gasteiger partial charge in [-0.25, -0.2) is 0 Å². The van der Waals surface area contributed by atoms with Crippen LogP contribution in [0.1, 0.15) is 11.7 Å². The summed E-state index contributed by atoms with van der Waals surface area (Å²) in [6.07, 6.45) is -0.858. The predicted octanol–water partition coefficient (Wildman–Crippen LogP) is 2.59. The maximum Gasteiger partial charge on any atom is 0.357 e. The van der Waals surface area contributed by atoms with Crippen molar-refractivity contribution >= 4 is 22.3 Å². The van der Waals surface area contributed by atoms with Gasteiger partial charge in [0.15, 0.2) is 0 Å². The Balaban J connectivity index is 2.06. The Morgan fingerprint density at radius 2 is 1.80 bits per heavy atom. The molecule has 0 bridgehead atoms. The first kappa shape index (κ1) is 16.7. The molecule has 7 nitrogen and oxygen atoms in total. The van der Waals surface area contributed by atoms with Crippen molar-refractivity contribution in [2.45, 2.75) is 6.10 Å². The van der Waals surface area contributed by atoms with E-state index in [0.29, 0.717) is 16.5 Å². The number of fused-ring (bicyclic) bond motifs is 1. The molecule has 3 aromatic rings. The molecular weight excluding hydrogens is 322 g/mol. The van der Waals surface area contributed by atoms with Crippen LogP contribution in [0.2, 0.25) is 0 Å². The van der Waals surface area contributed by atoms with Crippen LogP contribution >= 0.6 is 0 Å². The summed E-state index contributed by atoms with van der Waals surface area (Å²) in [6, 6.07) is 15.9. The summed E-state index contributed by atoms with van der Waals surface area (Å²) in [5.41, 5.74) is 0.168. The Bertz CT molecular complexity index is 983. The van der Waals surface area contributed by atoms with Crippen LogP contribution < -0.4 is 10.9 Å². The van der Waals surface area contributed by atoms with Crippen LogP contribution in [0, 0.1) is 10.1 Å². The number of hydrogen-bond donors (Lipinski definition) is 2. The highest BCUT2D eigenvalue weighted by molar-refractivity contribution is 5.96. The summed E-state index contributed by atoms with van der Waals surface area (Å²) in [5, 5.41) is 25.2. The molecule has 1 aromatic heterocycles. The molecule has 0 fully saturated rings. The lowest BCUT2D eigenvalue weighted by atomic mass is 10.1. The zero-order valence-corrected chi connectivity index (χ0v) is 13.5. The second-order valence-electron chi connectivity index (χ2n) is 5.67. The van der Waals surface area contributed by atoms with Crippen molar-refractivity contribution < 1.29 is 10.0 Å². The lowest BCUT2D eigenvalue weighted by Crippen LogP contribution is -2.23. The number of rotatable bonds is 5. The van der Waals surface area contributed by atoms with Crippen molar-refractivity contribution in [1.29, 1.82) is 0 Å². The minimum Gasteiger partial charge on any atom is -0.387 e. The van der Waals surface area contributed by atoms with Crippen LogP contribution in [-0.4, -0.2) is 21.1 Å². The van der Waals surface area contributed by atoms with Gasteiger partial charge in [0, 0.05) is 19.0 Å². The van der Waals surface area contributed by atoms with E-state index in [1.165, 1.54) is 11.6 Å². The van der Waals surface area contributed by atoms with Gasteiger partial charge in [0.1, 0.15) is 5.69 Å². The number of nitro groups is 1. The summed E-state index contributed by atoms with van der Waals surface area (Å²) < 4.78 is 1.26. The number of nitrogens with zero attached hydrogens (tertiary/aromatic N) is 2. The van der Waals surface area contributed by atoms with Gasteiger partial charge in [0.2, 0.25) is 0 Å². The van der Waals surface area contributed by atoms with E-state index in [2.05, 4.69) is 5.32 Å². The SMILES string of the molecule is Cn1c(=O)c([N+](=O)[O-])c(NC[C@H](O)c2ccccc2)c2ccccc21. The molecule has 0 spiro atoms. The van der Waals surface area contributed by atoms with E-state index in [9.17, 15) is 20.0 Å². The number of aromatic nitrogens is 1. The number of nitrogens with one attached hydrogen (secondary N) is 1. The molecule has 0 amide bonds. The first-order valence-electron chi connectivity index (χ1n) is 7.73. The maximum absolute atomic E-state index is 12.4. The van der Waals surface area contributed by atoms with E-state index in [4.69, 9.17) is 0 Å². The Morgan fingerprint density at radius 3 is 2.48 bits per heavy atom. The molecule has 0 saturated carbocycles. The van der Waals surface area contributed by atoms with E-state index < -0.39 is 22.3 Å². The molecule has 0 saturated heterocycles. The van der Waals surface area contributed by atoms with Crippen molar-refractivity contribution in [2.24, 2.45) is 7.05 Å². The number of aliphatic hydroxyl groups is 1. The van der Waals surface area contributed by atoms with Crippen molar-refractivity contribution in [3.8, 4) is 0 Å². The molecule has 3 rings (SSSR count). The molecule has 0 radical (unpaired) electrons. The van der Waals surface area contributed by atoms with Crippen LogP contribution in [0.15, 0.2) is 59.4 Å². The van der Waals surface area contributed by atoms with Gasteiger partial charge in [-0.05, 0) is 11.6 Å². The van der Waals surface area contributed by atoms with Crippen LogP contribution in [0.5, 0.6) is 0 Å². The van der Waals surface area contributed by atoms with Gasteiger partial charge < -0.3 is 15.0 Å². The molecule has 0 aliphatic carbocycles. The van der Waals surface area contributed by atoms with E-state index in [1.54, 1.807) is 48.5 Å². The summed E-state index contributed by atoms with van der Waals surface area (Å²) >= 11 is 0. The third-order valence-corrected chi connectivity index (χ3v) is 4.12. The van der Waals surface area contributed by atoms with Crippen molar-refractivity contribution in [3.05, 3.63) is 80.6 Å². The first-order chi connectivity index (χ1) is 12.0. The quantitative estimate of drug-likeness (QED) is 0.550. The average Bonchev–Trinajstić information content (AvgIpc) is 2.63. The minimum absolute atomic E-state index is 0.0437. The highest BCUT2D eigenvalue weighted by atomic mass is 16.6. The lowest BCUT2D eigenvalue weighted by Gasteiger charge is -2.16. The van der Waals surface area contributed by atoms with E-state index in [1.807, 2.05) is 6.07 Å². The van der Waals surface area contributed by atoms with Gasteiger partial charge in [-0.3, -0.25) is 14.9 Å². The van der Waals surface area contributed by atoms with Gasteiger partial charge in [-0.1, -0.05) is 48.5 Å². The summed E-state index contributed by atoms with van der Waals surface area (Å²) in [5.74, 6) is 0. The molecule has 0 aliphatic rings. The zero-order valence-electron chi connectivity index (χ0n) is 13.5. The molecule has 25 heavy (non-hydrogen) atoms. The fourth-order valence-electron chi connectivity index (χ4n) is 2.82. The largest absolute Gasteiger partial charge is 0.387 e. The standard InChI is InChI=1S/C18H17N3O4/c1-20-14-10-6-5-9-13(14)16(17(18(20)23)21(24)25)19-11-15(22)12-7-3-2-4-8-12/h2-10,15,19,22H,11H2,1H3/t15-/m0/s1. The van der Waals surface area contributed by atoms with Crippen molar-refractivity contribution in [3.63, 3.8) is 0 Å². The number of para-hydroxylation sites is 1. The van der Waals surface area contributed by atoms with E-state index >= 15 is 0 Å². The molecule has 2 aromatic carbocycles. The first-order valence-corrected chi connectivity index (χ1v) is 7.73. The van der Waals surface area contributed by atoms with Crippen molar-refractivity contribution in [1.82, 2.24) is 4.57 Å². The molecule has 1 heterocycles. The van der Waals surface area contributed by atoms with Crippen LogP contribution in [0.4, 0.5) is 11.4 Å². The Hall–Kier alpha value is -3.19.